The monoisotopic (exact) mass is 338 g/mol. The molecule has 0 spiro atoms. The summed E-state index contributed by atoms with van der Waals surface area (Å²) in [6, 6.07) is 13.7. The first-order chi connectivity index (χ1) is 12.0. The molecule has 2 aromatic rings. The zero-order valence-electron chi connectivity index (χ0n) is 14.5. The number of carbonyl (C=O) groups excluding carboxylic acids is 1. The van der Waals surface area contributed by atoms with Crippen LogP contribution >= 0.6 is 0 Å². The van der Waals surface area contributed by atoms with Crippen LogP contribution in [0.15, 0.2) is 42.5 Å². The van der Waals surface area contributed by atoms with Gasteiger partial charge in [-0.15, -0.1) is 0 Å². The van der Waals surface area contributed by atoms with Gasteiger partial charge in [0.1, 0.15) is 0 Å². The zero-order valence-corrected chi connectivity index (χ0v) is 14.5. The Hall–Kier alpha value is -2.82. The number of carbonyl (C=O) groups is 2. The van der Waals surface area contributed by atoms with Crippen molar-refractivity contribution in [3.05, 3.63) is 59.2 Å². The van der Waals surface area contributed by atoms with E-state index in [-0.39, 0.29) is 12.3 Å². The molecule has 0 fully saturated rings. The van der Waals surface area contributed by atoms with Gasteiger partial charge in [0.25, 0.3) is 5.91 Å². The summed E-state index contributed by atoms with van der Waals surface area (Å²) in [7, 11) is 3.97. The van der Waals surface area contributed by atoms with Crippen molar-refractivity contribution in [1.29, 1.82) is 0 Å². The molecule has 5 heteroatoms. The number of hydrogen-bond donors (Lipinski definition) is 1. The third-order valence-electron chi connectivity index (χ3n) is 4.51. The summed E-state index contributed by atoms with van der Waals surface area (Å²) in [6.07, 6.45) is 1.53. The van der Waals surface area contributed by atoms with E-state index in [1.807, 2.05) is 55.4 Å². The van der Waals surface area contributed by atoms with Crippen LogP contribution in [0.2, 0.25) is 0 Å². The highest BCUT2D eigenvalue weighted by Crippen LogP contribution is 2.30. The highest BCUT2D eigenvalue weighted by molar-refractivity contribution is 6.10. The average molecular weight is 338 g/mol. The molecule has 1 heterocycles. The van der Waals surface area contributed by atoms with Crippen molar-refractivity contribution in [1.82, 2.24) is 0 Å². The first-order valence-electron chi connectivity index (χ1n) is 8.38. The number of carboxylic acid groups (broad SMARTS) is 1. The van der Waals surface area contributed by atoms with Crippen molar-refractivity contribution >= 4 is 23.3 Å². The van der Waals surface area contributed by atoms with Crippen molar-refractivity contribution in [2.24, 2.45) is 0 Å². The van der Waals surface area contributed by atoms with Gasteiger partial charge in [0.15, 0.2) is 0 Å². The average Bonchev–Trinajstić information content (AvgIpc) is 2.91. The quantitative estimate of drug-likeness (QED) is 0.878. The van der Waals surface area contributed by atoms with E-state index in [1.165, 1.54) is 0 Å². The topological polar surface area (TPSA) is 60.9 Å². The normalized spacial score (nSPS) is 13.0. The summed E-state index contributed by atoms with van der Waals surface area (Å²) in [5, 5.41) is 8.70. The SMILES string of the molecule is CN(C)c1ccc2c(c1)CN(c1ccc(CCCC(=O)O)cc1)C2=O. The molecule has 0 radical (unpaired) electrons. The summed E-state index contributed by atoms with van der Waals surface area (Å²) >= 11 is 0. The van der Waals surface area contributed by atoms with Crippen LogP contribution in [0.4, 0.5) is 11.4 Å². The number of fused-ring (bicyclic) bond motifs is 1. The molecule has 0 aliphatic carbocycles. The molecule has 2 aromatic carbocycles. The minimum absolute atomic E-state index is 0.0268. The Morgan fingerprint density at radius 2 is 1.88 bits per heavy atom. The van der Waals surface area contributed by atoms with Gasteiger partial charge in [0, 0.05) is 37.5 Å². The summed E-state index contributed by atoms with van der Waals surface area (Å²) in [5.74, 6) is -0.743. The minimum atomic E-state index is -0.769. The van der Waals surface area contributed by atoms with Crippen LogP contribution in [0.5, 0.6) is 0 Å². The molecule has 0 bridgehead atoms. The van der Waals surface area contributed by atoms with Crippen LogP contribution in [0, 0.1) is 0 Å². The molecule has 130 valence electrons. The lowest BCUT2D eigenvalue weighted by Gasteiger charge is -2.16. The maximum Gasteiger partial charge on any atom is 0.303 e. The lowest BCUT2D eigenvalue weighted by Crippen LogP contribution is -2.22. The minimum Gasteiger partial charge on any atom is -0.481 e. The van der Waals surface area contributed by atoms with Gasteiger partial charge < -0.3 is 14.9 Å². The van der Waals surface area contributed by atoms with Crippen LogP contribution in [-0.4, -0.2) is 31.1 Å². The van der Waals surface area contributed by atoms with Crippen LogP contribution in [0.3, 0.4) is 0 Å². The van der Waals surface area contributed by atoms with Gasteiger partial charge in [-0.2, -0.15) is 0 Å². The number of hydrogen-bond acceptors (Lipinski definition) is 3. The Balaban J connectivity index is 1.72. The third-order valence-corrected chi connectivity index (χ3v) is 4.51. The Labute approximate surface area is 147 Å². The van der Waals surface area contributed by atoms with Crippen LogP contribution in [0.1, 0.15) is 34.3 Å². The van der Waals surface area contributed by atoms with E-state index >= 15 is 0 Å². The van der Waals surface area contributed by atoms with Crippen molar-refractivity contribution in [3.8, 4) is 0 Å². The number of anilines is 2. The maximum atomic E-state index is 12.7. The highest BCUT2D eigenvalue weighted by atomic mass is 16.4. The molecule has 5 nitrogen and oxygen atoms in total. The molecule has 25 heavy (non-hydrogen) atoms. The molecule has 1 aliphatic rings. The summed E-state index contributed by atoms with van der Waals surface area (Å²) in [5.41, 5.74) is 4.85. The molecule has 3 rings (SSSR count). The standard InChI is InChI=1S/C20H22N2O3/c1-21(2)17-10-11-18-15(12-17)13-22(20(18)25)16-8-6-14(7-9-16)4-3-5-19(23)24/h6-12H,3-5,13H2,1-2H3,(H,23,24). The highest BCUT2D eigenvalue weighted by Gasteiger charge is 2.28. The molecule has 1 N–H and O–H groups in total. The number of rotatable bonds is 6. The fourth-order valence-corrected chi connectivity index (χ4v) is 3.08. The van der Waals surface area contributed by atoms with E-state index in [9.17, 15) is 9.59 Å². The van der Waals surface area contributed by atoms with Gasteiger partial charge in [0.2, 0.25) is 0 Å². The lowest BCUT2D eigenvalue weighted by molar-refractivity contribution is -0.137. The number of amides is 1. The summed E-state index contributed by atoms with van der Waals surface area (Å²) in [4.78, 5) is 27.0. The molecular formula is C20H22N2O3. The zero-order chi connectivity index (χ0) is 18.0. The van der Waals surface area contributed by atoms with Crippen molar-refractivity contribution in [3.63, 3.8) is 0 Å². The van der Waals surface area contributed by atoms with Gasteiger partial charge in [-0.3, -0.25) is 9.59 Å². The molecule has 0 atom stereocenters. The van der Waals surface area contributed by atoms with E-state index in [4.69, 9.17) is 5.11 Å². The second kappa shape index (κ2) is 6.97. The smallest absolute Gasteiger partial charge is 0.303 e. The Morgan fingerprint density at radius 1 is 1.16 bits per heavy atom. The second-order valence-electron chi connectivity index (χ2n) is 6.54. The van der Waals surface area contributed by atoms with E-state index in [0.29, 0.717) is 13.0 Å². The fraction of sp³-hybridized carbons (Fsp3) is 0.300. The molecule has 0 saturated heterocycles. The van der Waals surface area contributed by atoms with Gasteiger partial charge >= 0.3 is 5.97 Å². The van der Waals surface area contributed by atoms with Gasteiger partial charge in [0.05, 0.1) is 6.54 Å². The third kappa shape index (κ3) is 3.65. The largest absolute Gasteiger partial charge is 0.481 e. The molecule has 1 amide bonds. The first-order valence-corrected chi connectivity index (χ1v) is 8.38. The van der Waals surface area contributed by atoms with Crippen molar-refractivity contribution < 1.29 is 14.7 Å². The second-order valence-corrected chi connectivity index (χ2v) is 6.54. The van der Waals surface area contributed by atoms with Crippen molar-refractivity contribution in [2.75, 3.05) is 23.9 Å². The molecular weight excluding hydrogens is 316 g/mol. The lowest BCUT2D eigenvalue weighted by atomic mass is 10.1. The Morgan fingerprint density at radius 3 is 2.52 bits per heavy atom. The van der Waals surface area contributed by atoms with E-state index < -0.39 is 5.97 Å². The van der Waals surface area contributed by atoms with E-state index in [0.717, 1.165) is 34.5 Å². The fourth-order valence-electron chi connectivity index (χ4n) is 3.08. The Kier molecular flexibility index (Phi) is 4.74. The maximum absolute atomic E-state index is 12.7. The number of carboxylic acids is 1. The number of aliphatic carboxylic acids is 1. The Bertz CT molecular complexity index is 797. The molecule has 0 unspecified atom stereocenters. The molecule has 1 aliphatic heterocycles. The first kappa shape index (κ1) is 17.0. The predicted molar refractivity (Wildman–Crippen MR) is 98.3 cm³/mol. The molecule has 0 aromatic heterocycles. The summed E-state index contributed by atoms with van der Waals surface area (Å²) in [6.45, 7) is 0.578. The van der Waals surface area contributed by atoms with Gasteiger partial charge in [-0.25, -0.2) is 0 Å². The predicted octanol–water partition coefficient (Wildman–Crippen LogP) is 3.32. The summed E-state index contributed by atoms with van der Waals surface area (Å²) < 4.78 is 0. The number of benzene rings is 2. The van der Waals surface area contributed by atoms with Crippen LogP contribution < -0.4 is 9.80 Å². The van der Waals surface area contributed by atoms with Crippen molar-refractivity contribution in [2.45, 2.75) is 25.8 Å². The molecule has 0 saturated carbocycles. The van der Waals surface area contributed by atoms with Gasteiger partial charge in [-0.05, 0) is 54.3 Å². The van der Waals surface area contributed by atoms with Gasteiger partial charge in [-0.1, -0.05) is 12.1 Å². The van der Waals surface area contributed by atoms with Crippen LogP contribution in [0.25, 0.3) is 0 Å². The van der Waals surface area contributed by atoms with Crippen LogP contribution in [-0.2, 0) is 17.8 Å². The van der Waals surface area contributed by atoms with E-state index in [2.05, 4.69) is 6.07 Å². The number of nitrogens with zero attached hydrogens (tertiary/aromatic N) is 2. The van der Waals surface area contributed by atoms with E-state index in [1.54, 1.807) is 4.90 Å². The number of aryl methyl sites for hydroxylation is 1.